The third-order valence-electron chi connectivity index (χ3n) is 3.52. The van der Waals surface area contributed by atoms with E-state index in [1.54, 1.807) is 6.07 Å². The highest BCUT2D eigenvalue weighted by molar-refractivity contribution is 7.16. The molecule has 0 saturated carbocycles. The van der Waals surface area contributed by atoms with Gasteiger partial charge in [-0.25, -0.2) is 4.98 Å². The van der Waals surface area contributed by atoms with Crippen molar-refractivity contribution in [1.29, 1.82) is 0 Å². The minimum absolute atomic E-state index is 0.0479. The number of nitrogens with zero attached hydrogens (tertiary/aromatic N) is 2. The normalized spacial score (nSPS) is 14.3. The third kappa shape index (κ3) is 3.95. The molecule has 0 saturated heterocycles. The number of amides is 2. The maximum Gasteiger partial charge on any atom is 0.267 e. The van der Waals surface area contributed by atoms with E-state index in [1.807, 2.05) is 18.4 Å². The summed E-state index contributed by atoms with van der Waals surface area (Å²) >= 11 is 2.90. The molecule has 3 rings (SSSR count). The summed E-state index contributed by atoms with van der Waals surface area (Å²) in [5.74, 6) is -0.0723. The minimum atomic E-state index is -0.120. The van der Waals surface area contributed by atoms with Crippen molar-refractivity contribution >= 4 is 39.6 Å². The number of hydrogen-bond acceptors (Lipinski definition) is 6. The summed E-state index contributed by atoms with van der Waals surface area (Å²) < 4.78 is 0. The SMILES string of the molecule is CCNC(=O)CN1CCc2nc(NC(=O)c3cccs3)sc2C1. The molecular weight excluding hydrogens is 332 g/mol. The van der Waals surface area contributed by atoms with Crippen LogP contribution in [-0.2, 0) is 17.8 Å². The molecule has 0 fully saturated rings. The van der Waals surface area contributed by atoms with Crippen molar-refractivity contribution in [1.82, 2.24) is 15.2 Å². The number of rotatable bonds is 5. The van der Waals surface area contributed by atoms with Gasteiger partial charge in [0.25, 0.3) is 5.91 Å². The summed E-state index contributed by atoms with van der Waals surface area (Å²) in [4.78, 5) is 32.2. The van der Waals surface area contributed by atoms with Gasteiger partial charge in [-0.2, -0.15) is 0 Å². The molecule has 23 heavy (non-hydrogen) atoms. The fraction of sp³-hybridized carbons (Fsp3) is 0.400. The van der Waals surface area contributed by atoms with Gasteiger partial charge in [-0.15, -0.1) is 22.7 Å². The Balaban J connectivity index is 1.62. The molecule has 2 N–H and O–H groups in total. The van der Waals surface area contributed by atoms with Crippen molar-refractivity contribution in [2.75, 3.05) is 25.0 Å². The van der Waals surface area contributed by atoms with Crippen LogP contribution in [0.3, 0.4) is 0 Å². The van der Waals surface area contributed by atoms with Crippen LogP contribution in [0.15, 0.2) is 17.5 Å². The summed E-state index contributed by atoms with van der Waals surface area (Å²) in [7, 11) is 0. The van der Waals surface area contributed by atoms with Crippen molar-refractivity contribution in [3.8, 4) is 0 Å². The van der Waals surface area contributed by atoms with E-state index in [2.05, 4.69) is 20.5 Å². The number of likely N-dealkylation sites (N-methyl/N-ethyl adjacent to an activating group) is 1. The Morgan fingerprint density at radius 3 is 3.04 bits per heavy atom. The first-order valence-electron chi connectivity index (χ1n) is 7.48. The molecule has 2 aromatic heterocycles. The zero-order chi connectivity index (χ0) is 16.2. The number of thiophene rings is 1. The van der Waals surface area contributed by atoms with Gasteiger partial charge in [-0.1, -0.05) is 6.07 Å². The Kier molecular flexibility index (Phi) is 5.04. The van der Waals surface area contributed by atoms with Crippen molar-refractivity contribution in [2.24, 2.45) is 0 Å². The van der Waals surface area contributed by atoms with Gasteiger partial charge in [0.2, 0.25) is 5.91 Å². The molecule has 0 bridgehead atoms. The highest BCUT2D eigenvalue weighted by atomic mass is 32.1. The second-order valence-electron chi connectivity index (χ2n) is 5.23. The van der Waals surface area contributed by atoms with Crippen LogP contribution >= 0.6 is 22.7 Å². The molecule has 0 spiro atoms. The highest BCUT2D eigenvalue weighted by Gasteiger charge is 2.22. The van der Waals surface area contributed by atoms with Gasteiger partial charge in [-0.3, -0.25) is 19.8 Å². The lowest BCUT2D eigenvalue weighted by Gasteiger charge is -2.24. The van der Waals surface area contributed by atoms with Crippen LogP contribution in [0, 0.1) is 0 Å². The van der Waals surface area contributed by atoms with E-state index < -0.39 is 0 Å². The average molecular weight is 350 g/mol. The van der Waals surface area contributed by atoms with Crippen LogP contribution in [0.1, 0.15) is 27.2 Å². The lowest BCUT2D eigenvalue weighted by molar-refractivity contribution is -0.122. The Labute approximate surface area is 142 Å². The van der Waals surface area contributed by atoms with Crippen LogP contribution in [-0.4, -0.2) is 41.3 Å². The van der Waals surface area contributed by atoms with E-state index in [4.69, 9.17) is 0 Å². The number of nitrogens with one attached hydrogen (secondary N) is 2. The molecule has 2 amide bonds. The molecule has 0 atom stereocenters. The number of anilines is 1. The summed E-state index contributed by atoms with van der Waals surface area (Å²) in [5, 5.41) is 8.18. The van der Waals surface area contributed by atoms with Crippen LogP contribution in [0.4, 0.5) is 5.13 Å². The molecule has 1 aliphatic heterocycles. The number of carbonyl (C=O) groups is 2. The number of carbonyl (C=O) groups excluding carboxylic acids is 2. The van der Waals surface area contributed by atoms with Crippen LogP contribution in [0.5, 0.6) is 0 Å². The van der Waals surface area contributed by atoms with Crippen molar-refractivity contribution in [3.05, 3.63) is 33.0 Å². The highest BCUT2D eigenvalue weighted by Crippen LogP contribution is 2.28. The number of thiazole rings is 1. The van der Waals surface area contributed by atoms with E-state index in [9.17, 15) is 9.59 Å². The Hall–Kier alpha value is -1.77. The molecule has 3 heterocycles. The molecule has 0 radical (unpaired) electrons. The van der Waals surface area contributed by atoms with E-state index in [-0.39, 0.29) is 11.8 Å². The van der Waals surface area contributed by atoms with E-state index in [1.165, 1.54) is 22.7 Å². The Morgan fingerprint density at radius 2 is 2.30 bits per heavy atom. The summed E-state index contributed by atoms with van der Waals surface area (Å²) in [6.45, 7) is 4.49. The maximum atomic E-state index is 12.1. The molecule has 1 aliphatic rings. The van der Waals surface area contributed by atoms with Gasteiger partial charge in [0.15, 0.2) is 5.13 Å². The fourth-order valence-electron chi connectivity index (χ4n) is 2.46. The Morgan fingerprint density at radius 1 is 1.43 bits per heavy atom. The van der Waals surface area contributed by atoms with Crippen LogP contribution in [0.25, 0.3) is 0 Å². The van der Waals surface area contributed by atoms with Gasteiger partial charge < -0.3 is 5.32 Å². The molecule has 2 aromatic rings. The van der Waals surface area contributed by atoms with Crippen molar-refractivity contribution < 1.29 is 9.59 Å². The van der Waals surface area contributed by atoms with E-state index in [0.29, 0.717) is 29.6 Å². The predicted molar refractivity (Wildman–Crippen MR) is 92.1 cm³/mol. The molecule has 122 valence electrons. The zero-order valence-electron chi connectivity index (χ0n) is 12.8. The van der Waals surface area contributed by atoms with Gasteiger partial charge in [-0.05, 0) is 18.4 Å². The largest absolute Gasteiger partial charge is 0.355 e. The van der Waals surface area contributed by atoms with Gasteiger partial charge in [0.05, 0.1) is 17.1 Å². The Bertz CT molecular complexity index is 696. The van der Waals surface area contributed by atoms with Gasteiger partial charge in [0.1, 0.15) is 0 Å². The first-order valence-corrected chi connectivity index (χ1v) is 9.18. The fourth-order valence-corrected chi connectivity index (χ4v) is 4.12. The van der Waals surface area contributed by atoms with Crippen LogP contribution in [0.2, 0.25) is 0 Å². The number of fused-ring (bicyclic) bond motifs is 1. The topological polar surface area (TPSA) is 74.3 Å². The minimum Gasteiger partial charge on any atom is -0.355 e. The molecule has 6 nitrogen and oxygen atoms in total. The van der Waals surface area contributed by atoms with Crippen molar-refractivity contribution in [2.45, 2.75) is 19.9 Å². The monoisotopic (exact) mass is 350 g/mol. The predicted octanol–water partition coefficient (Wildman–Crippen LogP) is 1.95. The summed E-state index contributed by atoms with van der Waals surface area (Å²) in [6, 6.07) is 3.65. The maximum absolute atomic E-state index is 12.1. The standard InChI is InChI=1S/C15H18N4O2S2/c1-2-16-13(20)9-19-6-5-10-12(8-19)23-15(17-10)18-14(21)11-4-3-7-22-11/h3-4,7H,2,5-6,8-9H2,1H3,(H,16,20)(H,17,18,21). The summed E-state index contributed by atoms with van der Waals surface area (Å²) in [5.41, 5.74) is 1.03. The molecule has 0 aromatic carbocycles. The second-order valence-corrected chi connectivity index (χ2v) is 7.27. The lowest BCUT2D eigenvalue weighted by Crippen LogP contribution is -2.39. The quantitative estimate of drug-likeness (QED) is 0.864. The summed E-state index contributed by atoms with van der Waals surface area (Å²) in [6.07, 6.45) is 0.806. The third-order valence-corrected chi connectivity index (χ3v) is 5.38. The molecule has 8 heteroatoms. The lowest BCUT2D eigenvalue weighted by atomic mass is 10.2. The van der Waals surface area contributed by atoms with Gasteiger partial charge >= 0.3 is 0 Å². The van der Waals surface area contributed by atoms with E-state index >= 15 is 0 Å². The first-order chi connectivity index (χ1) is 11.2. The smallest absolute Gasteiger partial charge is 0.267 e. The zero-order valence-corrected chi connectivity index (χ0v) is 14.4. The molecule has 0 aliphatic carbocycles. The number of hydrogen-bond donors (Lipinski definition) is 2. The second kappa shape index (κ2) is 7.20. The average Bonchev–Trinajstić information content (AvgIpc) is 3.15. The molecule has 0 unspecified atom stereocenters. The molecular formula is C15H18N4O2S2. The van der Waals surface area contributed by atoms with Gasteiger partial charge in [0, 0.05) is 30.9 Å². The number of aromatic nitrogens is 1. The van der Waals surface area contributed by atoms with Crippen LogP contribution < -0.4 is 10.6 Å². The first kappa shape index (κ1) is 16.1. The van der Waals surface area contributed by atoms with E-state index in [0.717, 1.165) is 23.5 Å². The van der Waals surface area contributed by atoms with Crippen molar-refractivity contribution in [3.63, 3.8) is 0 Å².